The molecule has 1 heterocycles. The molecule has 23 heavy (non-hydrogen) atoms. The average Bonchev–Trinajstić information content (AvgIpc) is 3.29. The molecule has 1 aliphatic carbocycles. The number of nitrogens with one attached hydrogen (secondary N) is 1. The fourth-order valence-electron chi connectivity index (χ4n) is 2.51. The van der Waals surface area contributed by atoms with Crippen LogP contribution in [0.3, 0.4) is 0 Å². The normalized spacial score (nSPS) is 20.1. The molecule has 120 valence electrons. The first-order valence-electron chi connectivity index (χ1n) is 7.04. The molecule has 0 bridgehead atoms. The summed E-state index contributed by atoms with van der Waals surface area (Å²) in [6, 6.07) is 8.33. The number of nitrogen functional groups attached to an aromatic ring is 1. The Bertz CT molecular complexity index is 728. The number of hydrogen-bond donors (Lipinski definition) is 2. The number of anilines is 2. The number of alkyl halides is 3. The van der Waals surface area contributed by atoms with Crippen LogP contribution in [0, 0.1) is 5.92 Å². The molecule has 0 saturated heterocycles. The van der Waals surface area contributed by atoms with Crippen molar-refractivity contribution in [3.8, 4) is 0 Å². The molecule has 7 heteroatoms. The summed E-state index contributed by atoms with van der Waals surface area (Å²) in [5.41, 5.74) is 5.82. The van der Waals surface area contributed by atoms with E-state index in [0.29, 0.717) is 23.5 Å². The van der Waals surface area contributed by atoms with E-state index in [0.717, 1.165) is 12.1 Å². The summed E-state index contributed by atoms with van der Waals surface area (Å²) in [6.45, 7) is 0. The number of amides is 1. The first-order valence-corrected chi connectivity index (χ1v) is 7.04. The predicted octanol–water partition coefficient (Wildman–Crippen LogP) is 3.42. The Labute approximate surface area is 130 Å². The second kappa shape index (κ2) is 5.57. The molecule has 0 aliphatic heterocycles. The van der Waals surface area contributed by atoms with Crippen LogP contribution in [0.2, 0.25) is 0 Å². The zero-order valence-corrected chi connectivity index (χ0v) is 12.0. The van der Waals surface area contributed by atoms with E-state index in [4.69, 9.17) is 5.73 Å². The summed E-state index contributed by atoms with van der Waals surface area (Å²) >= 11 is 0. The number of carbonyl (C=O) groups excluding carboxylic acids is 1. The van der Waals surface area contributed by atoms with Gasteiger partial charge in [0.15, 0.2) is 0 Å². The first kappa shape index (κ1) is 15.3. The quantitative estimate of drug-likeness (QED) is 0.910. The molecule has 1 saturated carbocycles. The van der Waals surface area contributed by atoms with Gasteiger partial charge in [-0.15, -0.1) is 0 Å². The van der Waals surface area contributed by atoms with Crippen molar-refractivity contribution in [2.75, 3.05) is 11.1 Å². The summed E-state index contributed by atoms with van der Waals surface area (Å²) in [5.74, 6) is -0.384. The lowest BCUT2D eigenvalue weighted by Gasteiger charge is -2.09. The predicted molar refractivity (Wildman–Crippen MR) is 79.6 cm³/mol. The van der Waals surface area contributed by atoms with Crippen LogP contribution in [-0.2, 0) is 11.0 Å². The van der Waals surface area contributed by atoms with Gasteiger partial charge in [-0.05, 0) is 36.1 Å². The Hall–Kier alpha value is -2.57. The fourth-order valence-corrected chi connectivity index (χ4v) is 2.51. The van der Waals surface area contributed by atoms with Crippen molar-refractivity contribution < 1.29 is 18.0 Å². The minimum Gasteiger partial charge on any atom is -0.384 e. The highest BCUT2D eigenvalue weighted by Crippen LogP contribution is 2.48. The van der Waals surface area contributed by atoms with Crippen molar-refractivity contribution in [3.05, 3.63) is 53.7 Å². The van der Waals surface area contributed by atoms with Crippen LogP contribution in [0.25, 0.3) is 0 Å². The number of nitrogens with zero attached hydrogens (tertiary/aromatic N) is 1. The molecule has 1 aromatic heterocycles. The molecule has 0 spiro atoms. The van der Waals surface area contributed by atoms with Gasteiger partial charge >= 0.3 is 6.18 Å². The molecule has 1 fully saturated rings. The van der Waals surface area contributed by atoms with E-state index >= 15 is 0 Å². The van der Waals surface area contributed by atoms with Gasteiger partial charge in [-0.2, -0.15) is 13.2 Å². The average molecular weight is 321 g/mol. The van der Waals surface area contributed by atoms with E-state index in [1.54, 1.807) is 18.2 Å². The van der Waals surface area contributed by atoms with Crippen molar-refractivity contribution in [1.82, 2.24) is 4.98 Å². The van der Waals surface area contributed by atoms with Crippen LogP contribution in [0.15, 0.2) is 42.6 Å². The zero-order valence-electron chi connectivity index (χ0n) is 12.0. The van der Waals surface area contributed by atoms with Crippen LogP contribution in [-0.4, -0.2) is 10.9 Å². The summed E-state index contributed by atoms with van der Waals surface area (Å²) in [4.78, 5) is 16.0. The standard InChI is InChI=1S/C16H14F3N3O/c17-16(18,19)10-3-1-2-9(6-10)12-7-13(12)15(23)22-11-4-5-14(20)21-8-11/h1-6,8,12-13H,7H2,(H2,20,21)(H,22,23). The van der Waals surface area contributed by atoms with E-state index in [-0.39, 0.29) is 17.7 Å². The number of aromatic nitrogens is 1. The van der Waals surface area contributed by atoms with E-state index in [2.05, 4.69) is 10.3 Å². The van der Waals surface area contributed by atoms with Crippen LogP contribution in [0.5, 0.6) is 0 Å². The van der Waals surface area contributed by atoms with Gasteiger partial charge in [-0.25, -0.2) is 4.98 Å². The van der Waals surface area contributed by atoms with E-state index in [1.807, 2.05) is 0 Å². The highest BCUT2D eigenvalue weighted by molar-refractivity contribution is 5.95. The van der Waals surface area contributed by atoms with Crippen molar-refractivity contribution >= 4 is 17.4 Å². The highest BCUT2D eigenvalue weighted by atomic mass is 19.4. The van der Waals surface area contributed by atoms with E-state index in [9.17, 15) is 18.0 Å². The maximum Gasteiger partial charge on any atom is 0.416 e. The van der Waals surface area contributed by atoms with Gasteiger partial charge in [0, 0.05) is 5.92 Å². The third kappa shape index (κ3) is 3.44. The van der Waals surface area contributed by atoms with Crippen molar-refractivity contribution in [2.45, 2.75) is 18.5 Å². The van der Waals surface area contributed by atoms with E-state index in [1.165, 1.54) is 12.3 Å². The molecule has 2 atom stereocenters. The minimum absolute atomic E-state index is 0.181. The number of hydrogen-bond acceptors (Lipinski definition) is 3. The van der Waals surface area contributed by atoms with Crippen molar-refractivity contribution in [3.63, 3.8) is 0 Å². The SMILES string of the molecule is Nc1ccc(NC(=O)C2CC2c2cccc(C(F)(F)F)c2)cn1. The molecule has 1 amide bonds. The van der Waals surface area contributed by atoms with E-state index < -0.39 is 11.7 Å². The monoisotopic (exact) mass is 321 g/mol. The topological polar surface area (TPSA) is 68.0 Å². The fraction of sp³-hybridized carbons (Fsp3) is 0.250. The molecule has 3 N–H and O–H groups in total. The summed E-state index contributed by atoms with van der Waals surface area (Å²) < 4.78 is 38.2. The number of benzene rings is 1. The lowest BCUT2D eigenvalue weighted by molar-refractivity contribution is -0.137. The molecule has 2 aromatic rings. The van der Waals surface area contributed by atoms with Crippen LogP contribution < -0.4 is 11.1 Å². The third-order valence-corrected chi connectivity index (χ3v) is 3.82. The molecule has 1 aliphatic rings. The number of nitrogens with two attached hydrogens (primary N) is 1. The third-order valence-electron chi connectivity index (χ3n) is 3.82. The van der Waals surface area contributed by atoms with Crippen molar-refractivity contribution in [1.29, 1.82) is 0 Å². The second-order valence-electron chi connectivity index (χ2n) is 5.53. The lowest BCUT2D eigenvalue weighted by atomic mass is 10.1. The van der Waals surface area contributed by atoms with Gasteiger partial charge in [0.05, 0.1) is 17.4 Å². The van der Waals surface area contributed by atoms with Crippen LogP contribution in [0.1, 0.15) is 23.5 Å². The molecule has 1 aromatic carbocycles. The Morgan fingerprint density at radius 2 is 2.04 bits per heavy atom. The Morgan fingerprint density at radius 3 is 2.70 bits per heavy atom. The Kier molecular flexibility index (Phi) is 3.71. The molecular formula is C16H14F3N3O. The summed E-state index contributed by atoms with van der Waals surface area (Å²) in [5, 5.41) is 2.70. The minimum atomic E-state index is -4.38. The number of halogens is 3. The first-order chi connectivity index (χ1) is 10.8. The van der Waals surface area contributed by atoms with Gasteiger partial charge in [0.1, 0.15) is 5.82 Å². The van der Waals surface area contributed by atoms with Gasteiger partial charge in [0.25, 0.3) is 0 Å². The smallest absolute Gasteiger partial charge is 0.384 e. The van der Waals surface area contributed by atoms with Gasteiger partial charge in [0.2, 0.25) is 5.91 Å². The molecular weight excluding hydrogens is 307 g/mol. The number of carbonyl (C=O) groups is 1. The summed E-state index contributed by atoms with van der Waals surface area (Å²) in [6.07, 6.45) is -2.40. The highest BCUT2D eigenvalue weighted by Gasteiger charge is 2.44. The molecule has 3 rings (SSSR count). The molecule has 2 unspecified atom stereocenters. The molecule has 0 radical (unpaired) electrons. The van der Waals surface area contributed by atoms with Gasteiger partial charge in [-0.1, -0.05) is 18.2 Å². The van der Waals surface area contributed by atoms with Crippen LogP contribution >= 0.6 is 0 Å². The number of pyridine rings is 1. The Balaban J connectivity index is 1.67. The zero-order chi connectivity index (χ0) is 16.6. The largest absolute Gasteiger partial charge is 0.416 e. The summed E-state index contributed by atoms with van der Waals surface area (Å²) in [7, 11) is 0. The maximum absolute atomic E-state index is 12.7. The lowest BCUT2D eigenvalue weighted by Crippen LogP contribution is -2.15. The van der Waals surface area contributed by atoms with Crippen LogP contribution in [0.4, 0.5) is 24.7 Å². The maximum atomic E-state index is 12.7. The number of rotatable bonds is 3. The van der Waals surface area contributed by atoms with Crippen molar-refractivity contribution in [2.24, 2.45) is 5.92 Å². The van der Waals surface area contributed by atoms with Gasteiger partial charge in [-0.3, -0.25) is 4.79 Å². The molecule has 4 nitrogen and oxygen atoms in total. The second-order valence-corrected chi connectivity index (χ2v) is 5.53. The van der Waals surface area contributed by atoms with Gasteiger partial charge < -0.3 is 11.1 Å². The Morgan fingerprint density at radius 1 is 1.26 bits per heavy atom.